The van der Waals surface area contributed by atoms with Crippen LogP contribution in [0.1, 0.15) is 5.56 Å². The summed E-state index contributed by atoms with van der Waals surface area (Å²) in [7, 11) is 0. The summed E-state index contributed by atoms with van der Waals surface area (Å²) >= 11 is 3.95. The lowest BCUT2D eigenvalue weighted by molar-refractivity contribution is 1.32. The van der Waals surface area contributed by atoms with Crippen LogP contribution in [-0.2, 0) is 0 Å². The van der Waals surface area contributed by atoms with Crippen molar-refractivity contribution in [3.63, 3.8) is 0 Å². The lowest BCUT2D eigenvalue weighted by Crippen LogP contribution is -1.90. The van der Waals surface area contributed by atoms with Gasteiger partial charge in [-0.2, -0.15) is 12.6 Å². The Balaban J connectivity index is 2.95. The third-order valence-electron chi connectivity index (χ3n) is 1.16. The largest absolute Gasteiger partial charge is 0.398 e. The minimum absolute atomic E-state index is 0.536. The molecule has 0 unspecified atom stereocenters. The van der Waals surface area contributed by atoms with E-state index in [-0.39, 0.29) is 0 Å². The first-order valence-corrected chi connectivity index (χ1v) is 3.77. The number of thiol groups is 1. The van der Waals surface area contributed by atoms with E-state index in [0.29, 0.717) is 11.4 Å². The second-order valence-corrected chi connectivity index (χ2v) is 2.24. The fraction of sp³-hybridized carbons (Fsp3) is 0.125. The molecule has 0 radical (unpaired) electrons. The molecule has 0 saturated carbocycles. The molecule has 0 aliphatic heterocycles. The Labute approximate surface area is 71.2 Å². The monoisotopic (exact) mass is 164 g/mol. The second-order valence-electron chi connectivity index (χ2n) is 1.92. The average Bonchev–Trinajstić information content (AvgIpc) is 2.03. The van der Waals surface area contributed by atoms with Gasteiger partial charge in [0.25, 0.3) is 0 Å². The average molecular weight is 164 g/mol. The highest BCUT2D eigenvalue weighted by Crippen LogP contribution is 2.05. The zero-order chi connectivity index (χ0) is 8.10. The second kappa shape index (κ2) is 3.89. The Morgan fingerprint density at radius 1 is 1.64 bits per heavy atom. The Hall–Kier alpha value is -1.14. The highest BCUT2D eigenvalue weighted by Gasteiger charge is 1.90. The molecule has 1 heterocycles. The standard InChI is InChI=1S/C8H8N2S/c9-8-3-4-10-6-7(8)2-1-5-11/h3-4,6,11H,5H2,(H2,9,10). The van der Waals surface area contributed by atoms with E-state index in [1.165, 1.54) is 0 Å². The summed E-state index contributed by atoms with van der Waals surface area (Å²) in [5, 5.41) is 0. The van der Waals surface area contributed by atoms with Crippen LogP contribution in [-0.4, -0.2) is 10.7 Å². The first-order chi connectivity index (χ1) is 5.34. The van der Waals surface area contributed by atoms with Gasteiger partial charge in [-0.05, 0) is 6.07 Å². The molecule has 0 atom stereocenters. The van der Waals surface area contributed by atoms with Crippen LogP contribution >= 0.6 is 12.6 Å². The molecule has 11 heavy (non-hydrogen) atoms. The summed E-state index contributed by atoms with van der Waals surface area (Å²) in [6, 6.07) is 1.72. The number of anilines is 1. The smallest absolute Gasteiger partial charge is 0.0658 e. The first kappa shape index (κ1) is 7.96. The van der Waals surface area contributed by atoms with Gasteiger partial charge in [0.2, 0.25) is 0 Å². The topological polar surface area (TPSA) is 38.9 Å². The van der Waals surface area contributed by atoms with E-state index in [2.05, 4.69) is 29.5 Å². The summed E-state index contributed by atoms with van der Waals surface area (Å²) in [6.45, 7) is 0. The maximum Gasteiger partial charge on any atom is 0.0658 e. The summed E-state index contributed by atoms with van der Waals surface area (Å²) in [4.78, 5) is 3.89. The zero-order valence-corrected chi connectivity index (χ0v) is 6.81. The lowest BCUT2D eigenvalue weighted by Gasteiger charge is -1.93. The van der Waals surface area contributed by atoms with E-state index in [9.17, 15) is 0 Å². The number of hydrogen-bond acceptors (Lipinski definition) is 3. The Bertz CT molecular complexity index is 298. The summed E-state index contributed by atoms with van der Waals surface area (Å²) in [5.74, 6) is 6.18. The molecule has 0 spiro atoms. The van der Waals surface area contributed by atoms with Crippen LogP contribution in [0.3, 0.4) is 0 Å². The molecule has 0 aliphatic rings. The molecule has 56 valence electrons. The van der Waals surface area contributed by atoms with Crippen LogP contribution in [0.4, 0.5) is 5.69 Å². The molecule has 1 aromatic rings. The Morgan fingerprint density at radius 3 is 3.09 bits per heavy atom. The maximum atomic E-state index is 5.59. The molecule has 0 aromatic carbocycles. The quantitative estimate of drug-likeness (QED) is 0.442. The fourth-order valence-corrected chi connectivity index (χ4v) is 0.723. The number of nitrogens with zero attached hydrogens (tertiary/aromatic N) is 1. The number of nitrogen functional groups attached to an aromatic ring is 1. The van der Waals surface area contributed by atoms with Crippen molar-refractivity contribution in [1.29, 1.82) is 0 Å². The molecule has 0 saturated heterocycles. The number of hydrogen-bond donors (Lipinski definition) is 2. The van der Waals surface area contributed by atoms with E-state index in [4.69, 9.17) is 5.73 Å². The van der Waals surface area contributed by atoms with Crippen molar-refractivity contribution in [2.75, 3.05) is 11.5 Å². The van der Waals surface area contributed by atoms with Crippen molar-refractivity contribution in [2.24, 2.45) is 0 Å². The van der Waals surface area contributed by atoms with E-state index in [0.717, 1.165) is 5.56 Å². The van der Waals surface area contributed by atoms with Crippen molar-refractivity contribution in [1.82, 2.24) is 4.98 Å². The maximum absolute atomic E-state index is 5.59. The van der Waals surface area contributed by atoms with Gasteiger partial charge in [-0.1, -0.05) is 11.8 Å². The fourth-order valence-electron chi connectivity index (χ4n) is 0.644. The van der Waals surface area contributed by atoms with Crippen LogP contribution in [0.15, 0.2) is 18.5 Å². The first-order valence-electron chi connectivity index (χ1n) is 3.14. The van der Waals surface area contributed by atoms with Crippen LogP contribution in [0.2, 0.25) is 0 Å². The van der Waals surface area contributed by atoms with Crippen LogP contribution < -0.4 is 5.73 Å². The van der Waals surface area contributed by atoms with Gasteiger partial charge in [0.05, 0.1) is 17.0 Å². The highest BCUT2D eigenvalue weighted by atomic mass is 32.1. The van der Waals surface area contributed by atoms with Gasteiger partial charge in [0.1, 0.15) is 0 Å². The van der Waals surface area contributed by atoms with Gasteiger partial charge in [-0.25, -0.2) is 0 Å². The molecular weight excluding hydrogens is 156 g/mol. The molecule has 2 nitrogen and oxygen atoms in total. The van der Waals surface area contributed by atoms with Gasteiger partial charge in [0.15, 0.2) is 0 Å². The molecular formula is C8H8N2S. The number of pyridine rings is 1. The summed E-state index contributed by atoms with van der Waals surface area (Å²) in [6.07, 6.45) is 3.28. The predicted octanol–water partition coefficient (Wildman–Crippen LogP) is 0.945. The van der Waals surface area contributed by atoms with Crippen molar-refractivity contribution in [2.45, 2.75) is 0 Å². The number of nitrogens with two attached hydrogens (primary N) is 1. The normalized spacial score (nSPS) is 8.45. The van der Waals surface area contributed by atoms with Crippen molar-refractivity contribution >= 4 is 18.3 Å². The van der Waals surface area contributed by atoms with Crippen molar-refractivity contribution in [3.8, 4) is 11.8 Å². The summed E-state index contributed by atoms with van der Waals surface area (Å²) in [5.41, 5.74) is 7.02. The van der Waals surface area contributed by atoms with E-state index in [1.807, 2.05) is 0 Å². The molecule has 0 bridgehead atoms. The van der Waals surface area contributed by atoms with Crippen LogP contribution in [0, 0.1) is 11.8 Å². The third-order valence-corrected chi connectivity index (χ3v) is 1.32. The Kier molecular flexibility index (Phi) is 2.82. The zero-order valence-electron chi connectivity index (χ0n) is 5.91. The van der Waals surface area contributed by atoms with E-state index >= 15 is 0 Å². The third kappa shape index (κ3) is 2.17. The van der Waals surface area contributed by atoms with Gasteiger partial charge in [-0.15, -0.1) is 0 Å². The van der Waals surface area contributed by atoms with Gasteiger partial charge < -0.3 is 5.73 Å². The van der Waals surface area contributed by atoms with Crippen LogP contribution in [0.5, 0.6) is 0 Å². The van der Waals surface area contributed by atoms with Crippen LogP contribution in [0.25, 0.3) is 0 Å². The molecule has 0 amide bonds. The molecule has 1 aromatic heterocycles. The molecule has 1 rings (SSSR count). The number of aromatic nitrogens is 1. The Morgan fingerprint density at radius 2 is 2.45 bits per heavy atom. The minimum atomic E-state index is 0.536. The summed E-state index contributed by atoms with van der Waals surface area (Å²) < 4.78 is 0. The van der Waals surface area contributed by atoms with E-state index in [1.54, 1.807) is 18.5 Å². The lowest BCUT2D eigenvalue weighted by atomic mass is 10.2. The molecule has 0 fully saturated rings. The van der Waals surface area contributed by atoms with Crippen molar-refractivity contribution < 1.29 is 0 Å². The number of rotatable bonds is 0. The SMILES string of the molecule is Nc1ccncc1C#CCS. The highest BCUT2D eigenvalue weighted by molar-refractivity contribution is 7.80. The molecule has 3 heteroatoms. The minimum Gasteiger partial charge on any atom is -0.398 e. The van der Waals surface area contributed by atoms with Crippen molar-refractivity contribution in [3.05, 3.63) is 24.0 Å². The molecule has 2 N–H and O–H groups in total. The predicted molar refractivity (Wildman–Crippen MR) is 49.4 cm³/mol. The van der Waals surface area contributed by atoms with Gasteiger partial charge in [0, 0.05) is 12.4 Å². The molecule has 0 aliphatic carbocycles. The van der Waals surface area contributed by atoms with E-state index < -0.39 is 0 Å². The van der Waals surface area contributed by atoms with Gasteiger partial charge >= 0.3 is 0 Å². The van der Waals surface area contributed by atoms with Gasteiger partial charge in [-0.3, -0.25) is 4.98 Å².